The van der Waals surface area contributed by atoms with E-state index in [1.54, 1.807) is 52.1 Å². The third-order valence-electron chi connectivity index (χ3n) is 3.71. The van der Waals surface area contributed by atoms with Gasteiger partial charge in [-0.25, -0.2) is 4.79 Å². The predicted octanol–water partition coefficient (Wildman–Crippen LogP) is 2.08. The monoisotopic (exact) mass is 331 g/mol. The molecule has 0 saturated carbocycles. The highest BCUT2D eigenvalue weighted by Gasteiger charge is 2.20. The van der Waals surface area contributed by atoms with Gasteiger partial charge in [-0.1, -0.05) is 0 Å². The lowest BCUT2D eigenvalue weighted by molar-refractivity contribution is -0.119. The van der Waals surface area contributed by atoms with Gasteiger partial charge >= 0.3 is 5.69 Å². The van der Waals surface area contributed by atoms with Crippen LogP contribution in [0.15, 0.2) is 29.1 Å². The van der Waals surface area contributed by atoms with Crippen LogP contribution in [0.5, 0.6) is 11.5 Å². The van der Waals surface area contributed by atoms with Crippen molar-refractivity contribution in [3.05, 3.63) is 46.1 Å². The number of hydrogen-bond donors (Lipinski definition) is 1. The minimum absolute atomic E-state index is 0.339. The first-order chi connectivity index (χ1) is 11.4. The molecule has 0 saturated heterocycles. The molecule has 1 unspecified atom stereocenters. The van der Waals surface area contributed by atoms with Crippen molar-refractivity contribution in [3.63, 3.8) is 0 Å². The SMILES string of the molecule is COc1ccc(NC(=O)C(C)n2c(C)cc(C)nc2=O)c(OC)c1. The van der Waals surface area contributed by atoms with E-state index in [1.165, 1.54) is 11.7 Å². The van der Waals surface area contributed by atoms with Crippen molar-refractivity contribution in [1.29, 1.82) is 0 Å². The molecule has 128 valence electrons. The maximum atomic E-state index is 12.5. The first kappa shape index (κ1) is 17.5. The number of aryl methyl sites for hydroxylation is 2. The molecule has 2 aromatic rings. The molecule has 1 atom stereocenters. The molecule has 1 heterocycles. The quantitative estimate of drug-likeness (QED) is 0.907. The molecule has 24 heavy (non-hydrogen) atoms. The van der Waals surface area contributed by atoms with Crippen LogP contribution in [0, 0.1) is 13.8 Å². The molecule has 0 bridgehead atoms. The van der Waals surface area contributed by atoms with Crippen LogP contribution in [-0.4, -0.2) is 29.7 Å². The lowest BCUT2D eigenvalue weighted by Gasteiger charge is -2.18. The fraction of sp³-hybridized carbons (Fsp3) is 0.353. The molecule has 0 radical (unpaired) electrons. The Balaban J connectivity index is 2.29. The summed E-state index contributed by atoms with van der Waals surface area (Å²) in [5.74, 6) is 0.753. The summed E-state index contributed by atoms with van der Waals surface area (Å²) in [5.41, 5.74) is 1.35. The fourth-order valence-corrected chi connectivity index (χ4v) is 2.49. The van der Waals surface area contributed by atoms with Gasteiger partial charge < -0.3 is 14.8 Å². The number of ether oxygens (including phenoxy) is 2. The van der Waals surface area contributed by atoms with Crippen LogP contribution in [0.1, 0.15) is 24.4 Å². The number of methoxy groups -OCH3 is 2. The van der Waals surface area contributed by atoms with Crippen LogP contribution < -0.4 is 20.5 Å². The molecule has 0 aliphatic carbocycles. The topological polar surface area (TPSA) is 82.5 Å². The zero-order chi connectivity index (χ0) is 17.9. The van der Waals surface area contributed by atoms with E-state index in [-0.39, 0.29) is 5.91 Å². The van der Waals surface area contributed by atoms with Gasteiger partial charge in [0, 0.05) is 17.5 Å². The van der Waals surface area contributed by atoms with Gasteiger partial charge in [0.15, 0.2) is 0 Å². The number of rotatable bonds is 5. The van der Waals surface area contributed by atoms with Crippen molar-refractivity contribution in [2.75, 3.05) is 19.5 Å². The molecule has 1 amide bonds. The number of amides is 1. The van der Waals surface area contributed by atoms with Crippen molar-refractivity contribution >= 4 is 11.6 Å². The van der Waals surface area contributed by atoms with E-state index in [0.717, 1.165) is 0 Å². The molecule has 1 aromatic heterocycles. The smallest absolute Gasteiger partial charge is 0.348 e. The summed E-state index contributed by atoms with van der Waals surface area (Å²) in [7, 11) is 3.06. The molecule has 0 fully saturated rings. The van der Waals surface area contributed by atoms with Crippen LogP contribution in [0.2, 0.25) is 0 Å². The number of nitrogens with one attached hydrogen (secondary N) is 1. The van der Waals surface area contributed by atoms with Crippen molar-refractivity contribution in [2.24, 2.45) is 0 Å². The highest BCUT2D eigenvalue weighted by Crippen LogP contribution is 2.29. The van der Waals surface area contributed by atoms with E-state index >= 15 is 0 Å². The second kappa shape index (κ2) is 7.16. The van der Waals surface area contributed by atoms with Gasteiger partial charge in [-0.15, -0.1) is 0 Å². The van der Waals surface area contributed by atoms with Crippen LogP contribution >= 0.6 is 0 Å². The van der Waals surface area contributed by atoms with E-state index < -0.39 is 11.7 Å². The summed E-state index contributed by atoms with van der Waals surface area (Å²) >= 11 is 0. The normalized spacial score (nSPS) is 11.7. The minimum Gasteiger partial charge on any atom is -0.497 e. The average Bonchev–Trinajstić information content (AvgIpc) is 2.54. The molecule has 0 aliphatic heterocycles. The third-order valence-corrected chi connectivity index (χ3v) is 3.71. The van der Waals surface area contributed by atoms with Crippen molar-refractivity contribution < 1.29 is 14.3 Å². The Bertz CT molecular complexity index is 814. The number of carbonyl (C=O) groups excluding carboxylic acids is 1. The molecule has 0 aliphatic rings. The minimum atomic E-state index is -0.711. The zero-order valence-corrected chi connectivity index (χ0v) is 14.4. The summed E-state index contributed by atoms with van der Waals surface area (Å²) in [6, 6.07) is 6.13. The Morgan fingerprint density at radius 2 is 1.92 bits per heavy atom. The van der Waals surface area contributed by atoms with Gasteiger partial charge in [0.05, 0.1) is 19.9 Å². The summed E-state index contributed by atoms with van der Waals surface area (Å²) in [5, 5.41) is 2.77. The maximum absolute atomic E-state index is 12.5. The summed E-state index contributed by atoms with van der Waals surface area (Å²) in [6.07, 6.45) is 0. The van der Waals surface area contributed by atoms with Crippen LogP contribution in [0.25, 0.3) is 0 Å². The van der Waals surface area contributed by atoms with E-state index in [2.05, 4.69) is 10.3 Å². The molecular formula is C17H21N3O4. The largest absolute Gasteiger partial charge is 0.497 e. The Labute approximate surface area is 140 Å². The molecular weight excluding hydrogens is 310 g/mol. The number of aromatic nitrogens is 2. The number of carbonyl (C=O) groups is 1. The second-order valence-corrected chi connectivity index (χ2v) is 5.42. The van der Waals surface area contributed by atoms with Crippen molar-refractivity contribution in [2.45, 2.75) is 26.8 Å². The highest BCUT2D eigenvalue weighted by atomic mass is 16.5. The Kier molecular flexibility index (Phi) is 5.23. The predicted molar refractivity (Wildman–Crippen MR) is 90.9 cm³/mol. The maximum Gasteiger partial charge on any atom is 0.348 e. The lowest BCUT2D eigenvalue weighted by Crippen LogP contribution is -2.34. The number of nitrogens with zero attached hydrogens (tertiary/aromatic N) is 2. The number of benzene rings is 1. The van der Waals surface area contributed by atoms with Crippen LogP contribution in [0.4, 0.5) is 5.69 Å². The second-order valence-electron chi connectivity index (χ2n) is 5.42. The summed E-state index contributed by atoms with van der Waals surface area (Å²) in [4.78, 5) is 28.5. The van der Waals surface area contributed by atoms with E-state index in [1.807, 2.05) is 0 Å². The first-order valence-corrected chi connectivity index (χ1v) is 7.47. The van der Waals surface area contributed by atoms with Crippen LogP contribution in [-0.2, 0) is 4.79 Å². The fourth-order valence-electron chi connectivity index (χ4n) is 2.49. The molecule has 0 spiro atoms. The van der Waals surface area contributed by atoms with E-state index in [9.17, 15) is 9.59 Å². The number of hydrogen-bond acceptors (Lipinski definition) is 5. The standard InChI is InChI=1S/C17H21N3O4/c1-10-8-11(2)20(17(22)18-10)12(3)16(21)19-14-7-6-13(23-4)9-15(14)24-5/h6-9,12H,1-5H3,(H,19,21). The Morgan fingerprint density at radius 3 is 2.50 bits per heavy atom. The molecule has 7 nitrogen and oxygen atoms in total. The molecule has 2 rings (SSSR count). The van der Waals surface area contributed by atoms with Gasteiger partial charge in [0.25, 0.3) is 0 Å². The zero-order valence-electron chi connectivity index (χ0n) is 14.4. The van der Waals surface area contributed by atoms with Gasteiger partial charge in [-0.05, 0) is 39.0 Å². The number of anilines is 1. The highest BCUT2D eigenvalue weighted by molar-refractivity contribution is 5.95. The Hall–Kier alpha value is -2.83. The van der Waals surface area contributed by atoms with Crippen molar-refractivity contribution in [1.82, 2.24) is 9.55 Å². The average molecular weight is 331 g/mol. The molecule has 1 N–H and O–H groups in total. The molecule has 1 aromatic carbocycles. The van der Waals surface area contributed by atoms with E-state index in [4.69, 9.17) is 9.47 Å². The summed E-state index contributed by atoms with van der Waals surface area (Å²) < 4.78 is 11.8. The van der Waals surface area contributed by atoms with Crippen LogP contribution in [0.3, 0.4) is 0 Å². The first-order valence-electron chi connectivity index (χ1n) is 7.47. The van der Waals surface area contributed by atoms with Gasteiger partial charge in [-0.2, -0.15) is 4.98 Å². The van der Waals surface area contributed by atoms with Gasteiger partial charge in [0.1, 0.15) is 17.5 Å². The Morgan fingerprint density at radius 1 is 1.21 bits per heavy atom. The third kappa shape index (κ3) is 3.56. The van der Waals surface area contributed by atoms with Gasteiger partial charge in [0.2, 0.25) is 5.91 Å². The van der Waals surface area contributed by atoms with Gasteiger partial charge in [-0.3, -0.25) is 9.36 Å². The molecule has 7 heteroatoms. The lowest BCUT2D eigenvalue weighted by atomic mass is 10.2. The summed E-state index contributed by atoms with van der Waals surface area (Å²) in [6.45, 7) is 5.16. The van der Waals surface area contributed by atoms with E-state index in [0.29, 0.717) is 28.6 Å². The van der Waals surface area contributed by atoms with Crippen molar-refractivity contribution in [3.8, 4) is 11.5 Å².